The second-order valence-electron chi connectivity index (χ2n) is 9.01. The average Bonchev–Trinajstić information content (AvgIpc) is 3.08. The molecule has 2 aliphatic carbocycles. The molecule has 6 heteroatoms. The van der Waals surface area contributed by atoms with Gasteiger partial charge in [0.15, 0.2) is 0 Å². The van der Waals surface area contributed by atoms with Crippen LogP contribution in [0.3, 0.4) is 0 Å². The number of ether oxygens (including phenoxy) is 1. The van der Waals surface area contributed by atoms with Crippen LogP contribution in [0.4, 0.5) is 13.2 Å². The molecule has 0 aromatic heterocycles. The minimum atomic E-state index is -4.61. The number of alkyl halides is 3. The number of benzene rings is 2. The smallest absolute Gasteiger partial charge is 0.426 e. The molecular weight excluding hydrogens is 425 g/mol. The Morgan fingerprint density at radius 3 is 2.35 bits per heavy atom. The van der Waals surface area contributed by atoms with E-state index in [1.807, 2.05) is 36.4 Å². The SMILES string of the molecule is CC1(C)C(/C=C(\Cl)C(F)(F)F)C1C(=O)O[C@@H]1C[C@@H](Cc2ccccc2)c2ccccc21. The van der Waals surface area contributed by atoms with E-state index in [0.717, 1.165) is 23.6 Å². The van der Waals surface area contributed by atoms with Crippen LogP contribution in [0.5, 0.6) is 0 Å². The Kier molecular flexibility index (Phi) is 5.67. The van der Waals surface area contributed by atoms with Crippen LogP contribution in [0.1, 0.15) is 49.0 Å². The molecule has 0 N–H and O–H groups in total. The molecule has 0 saturated heterocycles. The molecule has 2 unspecified atom stereocenters. The minimum absolute atomic E-state index is 0.221. The number of rotatable bonds is 5. The summed E-state index contributed by atoms with van der Waals surface area (Å²) >= 11 is 5.41. The second kappa shape index (κ2) is 8.01. The summed E-state index contributed by atoms with van der Waals surface area (Å²) in [5, 5.41) is -1.19. The fourth-order valence-electron chi connectivity index (χ4n) is 4.80. The zero-order valence-electron chi connectivity index (χ0n) is 17.3. The molecule has 164 valence electrons. The Hall–Kier alpha value is -2.27. The molecule has 0 bridgehead atoms. The van der Waals surface area contributed by atoms with Gasteiger partial charge in [0.05, 0.1) is 5.92 Å². The molecule has 2 aromatic carbocycles. The molecule has 0 spiro atoms. The molecule has 1 saturated carbocycles. The number of allylic oxidation sites excluding steroid dienone is 2. The largest absolute Gasteiger partial charge is 0.457 e. The fraction of sp³-hybridized carbons (Fsp3) is 0.400. The van der Waals surface area contributed by atoms with Crippen LogP contribution in [0.2, 0.25) is 0 Å². The summed E-state index contributed by atoms with van der Waals surface area (Å²) in [5.74, 6) is -1.47. The Bertz CT molecular complexity index is 997. The van der Waals surface area contributed by atoms with E-state index >= 15 is 0 Å². The molecule has 2 aromatic rings. The summed E-state index contributed by atoms with van der Waals surface area (Å²) in [6, 6.07) is 18.1. The Morgan fingerprint density at radius 2 is 1.71 bits per heavy atom. The number of carbonyl (C=O) groups is 1. The molecule has 0 radical (unpaired) electrons. The van der Waals surface area contributed by atoms with Crippen molar-refractivity contribution < 1.29 is 22.7 Å². The topological polar surface area (TPSA) is 26.3 Å². The van der Waals surface area contributed by atoms with E-state index < -0.39 is 40.5 Å². The van der Waals surface area contributed by atoms with Crippen molar-refractivity contribution in [3.05, 3.63) is 82.4 Å². The lowest BCUT2D eigenvalue weighted by molar-refractivity contribution is -0.152. The first-order valence-corrected chi connectivity index (χ1v) is 10.7. The van der Waals surface area contributed by atoms with Crippen molar-refractivity contribution in [2.75, 3.05) is 0 Å². The Balaban J connectivity index is 1.49. The zero-order valence-corrected chi connectivity index (χ0v) is 18.1. The lowest BCUT2D eigenvalue weighted by atomic mass is 9.94. The summed E-state index contributed by atoms with van der Waals surface area (Å²) < 4.78 is 44.3. The maximum Gasteiger partial charge on any atom is 0.426 e. The molecule has 0 aliphatic heterocycles. The molecule has 2 aliphatic rings. The third kappa shape index (κ3) is 4.38. The van der Waals surface area contributed by atoms with E-state index in [1.54, 1.807) is 13.8 Å². The van der Waals surface area contributed by atoms with Crippen LogP contribution < -0.4 is 0 Å². The van der Waals surface area contributed by atoms with Gasteiger partial charge in [-0.25, -0.2) is 0 Å². The number of carbonyl (C=O) groups excluding carboxylic acids is 1. The van der Waals surface area contributed by atoms with Gasteiger partial charge in [-0.15, -0.1) is 0 Å². The van der Waals surface area contributed by atoms with Crippen molar-refractivity contribution in [3.8, 4) is 0 Å². The number of esters is 1. The second-order valence-corrected chi connectivity index (χ2v) is 9.42. The highest BCUT2D eigenvalue weighted by molar-refractivity contribution is 6.30. The van der Waals surface area contributed by atoms with E-state index in [0.29, 0.717) is 6.42 Å². The quantitative estimate of drug-likeness (QED) is 0.462. The number of halogens is 4. The maximum absolute atomic E-state index is 12.9. The Labute approximate surface area is 185 Å². The first-order chi connectivity index (χ1) is 14.6. The highest BCUT2D eigenvalue weighted by Crippen LogP contribution is 2.61. The van der Waals surface area contributed by atoms with Gasteiger partial charge in [0, 0.05) is 0 Å². The van der Waals surface area contributed by atoms with Crippen molar-refractivity contribution in [2.24, 2.45) is 17.3 Å². The van der Waals surface area contributed by atoms with Gasteiger partial charge in [0.1, 0.15) is 11.1 Å². The van der Waals surface area contributed by atoms with E-state index in [9.17, 15) is 18.0 Å². The predicted octanol–water partition coefficient (Wildman–Crippen LogP) is 6.96. The summed E-state index contributed by atoms with van der Waals surface area (Å²) in [4.78, 5) is 12.9. The maximum atomic E-state index is 12.9. The van der Waals surface area contributed by atoms with Crippen molar-refractivity contribution in [1.29, 1.82) is 0 Å². The molecule has 0 amide bonds. The van der Waals surface area contributed by atoms with Crippen LogP contribution in [0, 0.1) is 17.3 Å². The molecule has 1 fully saturated rings. The fourth-order valence-corrected chi connectivity index (χ4v) is 4.93. The lowest BCUT2D eigenvalue weighted by Gasteiger charge is -2.15. The van der Waals surface area contributed by atoms with Gasteiger partial charge in [0.2, 0.25) is 0 Å². The third-order valence-corrected chi connectivity index (χ3v) is 6.97. The van der Waals surface area contributed by atoms with Gasteiger partial charge in [-0.1, -0.05) is 86.1 Å². The molecule has 2 nitrogen and oxygen atoms in total. The standard InChI is InChI=1S/C25H24ClF3O2/c1-24(2)19(14-21(26)25(27,28)29)22(24)23(30)31-20-13-16(12-15-8-4-3-5-9-15)17-10-6-7-11-18(17)20/h3-11,14,16,19-20,22H,12-13H2,1-2H3/b21-14-/t16-,19?,20-,22?/m1/s1. The number of hydrogen-bond acceptors (Lipinski definition) is 2. The van der Waals surface area contributed by atoms with Crippen LogP contribution in [-0.2, 0) is 16.0 Å². The molecule has 31 heavy (non-hydrogen) atoms. The van der Waals surface area contributed by atoms with Gasteiger partial charge in [-0.05, 0) is 46.8 Å². The van der Waals surface area contributed by atoms with Crippen LogP contribution in [0.25, 0.3) is 0 Å². The van der Waals surface area contributed by atoms with Crippen molar-refractivity contribution >= 4 is 17.6 Å². The summed E-state index contributed by atoms with van der Waals surface area (Å²) in [6.07, 6.45) is -2.54. The highest BCUT2D eigenvalue weighted by atomic mass is 35.5. The highest BCUT2D eigenvalue weighted by Gasteiger charge is 2.62. The van der Waals surface area contributed by atoms with Gasteiger partial charge in [-0.2, -0.15) is 13.2 Å². The lowest BCUT2D eigenvalue weighted by Crippen LogP contribution is -2.14. The van der Waals surface area contributed by atoms with Crippen molar-refractivity contribution in [3.63, 3.8) is 0 Å². The molecule has 4 atom stereocenters. The third-order valence-electron chi connectivity index (χ3n) is 6.63. The van der Waals surface area contributed by atoms with Gasteiger partial charge in [-0.3, -0.25) is 4.79 Å². The first kappa shape index (κ1) is 21.9. The Morgan fingerprint density at radius 1 is 1.10 bits per heavy atom. The van der Waals surface area contributed by atoms with Crippen LogP contribution in [-0.4, -0.2) is 12.1 Å². The molecular formula is C25H24ClF3O2. The van der Waals surface area contributed by atoms with E-state index in [1.165, 1.54) is 5.56 Å². The van der Waals surface area contributed by atoms with E-state index in [2.05, 4.69) is 18.2 Å². The minimum Gasteiger partial charge on any atom is -0.457 e. The number of hydrogen-bond donors (Lipinski definition) is 0. The van der Waals surface area contributed by atoms with E-state index in [4.69, 9.17) is 16.3 Å². The van der Waals surface area contributed by atoms with E-state index in [-0.39, 0.29) is 5.92 Å². The molecule has 4 rings (SSSR count). The van der Waals surface area contributed by atoms with Gasteiger partial charge in [0.25, 0.3) is 0 Å². The average molecular weight is 449 g/mol. The normalized spacial score (nSPS) is 27.0. The van der Waals surface area contributed by atoms with Gasteiger partial charge >= 0.3 is 12.1 Å². The van der Waals surface area contributed by atoms with Crippen LogP contribution >= 0.6 is 11.6 Å². The predicted molar refractivity (Wildman–Crippen MR) is 114 cm³/mol. The number of fused-ring (bicyclic) bond motifs is 1. The monoisotopic (exact) mass is 448 g/mol. The molecule has 0 heterocycles. The van der Waals surface area contributed by atoms with Crippen molar-refractivity contribution in [1.82, 2.24) is 0 Å². The zero-order chi connectivity index (χ0) is 22.4. The van der Waals surface area contributed by atoms with Gasteiger partial charge < -0.3 is 4.74 Å². The summed E-state index contributed by atoms with van der Waals surface area (Å²) in [6.45, 7) is 3.53. The first-order valence-electron chi connectivity index (χ1n) is 10.4. The van der Waals surface area contributed by atoms with Crippen LogP contribution in [0.15, 0.2) is 65.7 Å². The summed E-state index contributed by atoms with van der Waals surface area (Å²) in [7, 11) is 0. The van der Waals surface area contributed by atoms with Crippen molar-refractivity contribution in [2.45, 2.75) is 44.9 Å². The summed E-state index contributed by atoms with van der Waals surface area (Å²) in [5.41, 5.74) is 2.74.